The van der Waals surface area contributed by atoms with E-state index in [-0.39, 0.29) is 12.5 Å². The molecule has 0 radical (unpaired) electrons. The van der Waals surface area contributed by atoms with Gasteiger partial charge in [-0.15, -0.1) is 0 Å². The van der Waals surface area contributed by atoms with E-state index in [4.69, 9.17) is 0 Å². The van der Waals surface area contributed by atoms with Crippen LogP contribution in [-0.2, 0) is 11.8 Å². The van der Waals surface area contributed by atoms with Crippen molar-refractivity contribution in [2.24, 2.45) is 7.05 Å². The Morgan fingerprint density at radius 3 is 2.57 bits per heavy atom. The van der Waals surface area contributed by atoms with Crippen molar-refractivity contribution in [2.75, 3.05) is 25.5 Å². The van der Waals surface area contributed by atoms with Gasteiger partial charge in [0.2, 0.25) is 5.91 Å². The smallest absolute Gasteiger partial charge is 0.238 e. The number of nitrogens with zero attached hydrogens (tertiary/aromatic N) is 3. The Labute approximate surface area is 126 Å². The summed E-state index contributed by atoms with van der Waals surface area (Å²) in [6.45, 7) is 4.63. The first-order valence-electron chi connectivity index (χ1n) is 7.52. The van der Waals surface area contributed by atoms with Gasteiger partial charge in [-0.3, -0.25) is 14.4 Å². The average molecular weight is 294 g/mol. The molecule has 1 aliphatic rings. The quantitative estimate of drug-likeness (QED) is 0.856. The molecule has 1 aromatic heterocycles. The first-order chi connectivity index (χ1) is 9.81. The van der Waals surface area contributed by atoms with Gasteiger partial charge >= 0.3 is 0 Å². The van der Waals surface area contributed by atoms with Crippen molar-refractivity contribution in [3.63, 3.8) is 0 Å². The molecule has 0 bridgehead atoms. The van der Waals surface area contributed by atoms with E-state index >= 15 is 0 Å². The zero-order valence-corrected chi connectivity index (χ0v) is 13.4. The van der Waals surface area contributed by atoms with E-state index in [1.165, 1.54) is 0 Å². The predicted octanol–water partition coefficient (Wildman–Crippen LogP) is 1.21. The largest absolute Gasteiger partial charge is 0.389 e. The zero-order valence-electron chi connectivity index (χ0n) is 13.4. The number of aryl methyl sites for hydroxylation is 2. The van der Waals surface area contributed by atoms with Crippen LogP contribution in [0.2, 0.25) is 0 Å². The monoisotopic (exact) mass is 294 g/mol. The van der Waals surface area contributed by atoms with Crippen molar-refractivity contribution in [1.29, 1.82) is 0 Å². The second-order valence-corrected chi connectivity index (χ2v) is 6.32. The van der Waals surface area contributed by atoms with E-state index in [0.717, 1.165) is 42.8 Å². The molecule has 21 heavy (non-hydrogen) atoms. The third kappa shape index (κ3) is 3.83. The molecular formula is C15H26N4O2. The summed E-state index contributed by atoms with van der Waals surface area (Å²) < 4.78 is 1.76. The van der Waals surface area contributed by atoms with Crippen LogP contribution in [0.25, 0.3) is 0 Å². The van der Waals surface area contributed by atoms with Gasteiger partial charge in [0.05, 0.1) is 29.2 Å². The number of amides is 1. The summed E-state index contributed by atoms with van der Waals surface area (Å²) in [5, 5.41) is 17.6. The second kappa shape index (κ2) is 6.15. The Balaban J connectivity index is 1.89. The van der Waals surface area contributed by atoms with Crippen LogP contribution >= 0.6 is 0 Å². The molecule has 1 heterocycles. The molecule has 2 N–H and O–H groups in total. The van der Waals surface area contributed by atoms with E-state index in [9.17, 15) is 9.90 Å². The van der Waals surface area contributed by atoms with Crippen molar-refractivity contribution < 1.29 is 9.90 Å². The third-order valence-corrected chi connectivity index (χ3v) is 4.29. The topological polar surface area (TPSA) is 70.4 Å². The van der Waals surface area contributed by atoms with Gasteiger partial charge in [0, 0.05) is 13.6 Å². The van der Waals surface area contributed by atoms with Crippen LogP contribution in [-0.4, -0.2) is 51.4 Å². The Hall–Kier alpha value is -1.40. The minimum Gasteiger partial charge on any atom is -0.389 e. The van der Waals surface area contributed by atoms with Crippen molar-refractivity contribution in [3.05, 3.63) is 11.4 Å². The molecule has 0 unspecified atom stereocenters. The fourth-order valence-corrected chi connectivity index (χ4v) is 3.13. The van der Waals surface area contributed by atoms with E-state index in [2.05, 4.69) is 10.4 Å². The van der Waals surface area contributed by atoms with Crippen molar-refractivity contribution in [1.82, 2.24) is 14.7 Å². The maximum atomic E-state index is 12.1. The molecule has 1 aromatic rings. The molecule has 0 aromatic carbocycles. The fourth-order valence-electron chi connectivity index (χ4n) is 3.13. The van der Waals surface area contributed by atoms with Crippen LogP contribution in [0, 0.1) is 13.8 Å². The van der Waals surface area contributed by atoms with Crippen LogP contribution in [0.1, 0.15) is 37.1 Å². The number of likely N-dealkylation sites (N-methyl/N-ethyl adjacent to an activating group) is 1. The molecule has 1 fully saturated rings. The molecule has 0 spiro atoms. The molecule has 118 valence electrons. The maximum absolute atomic E-state index is 12.1. The molecule has 2 rings (SSSR count). The molecule has 0 aliphatic heterocycles. The minimum atomic E-state index is -0.616. The SMILES string of the molecule is Cc1nn(C)c(C)c1NC(=O)CN(C)CC1(O)CCCC1. The molecule has 0 saturated heterocycles. The number of hydrogen-bond donors (Lipinski definition) is 2. The highest BCUT2D eigenvalue weighted by Crippen LogP contribution is 2.29. The van der Waals surface area contributed by atoms with Gasteiger partial charge in [0.25, 0.3) is 0 Å². The maximum Gasteiger partial charge on any atom is 0.238 e. The van der Waals surface area contributed by atoms with E-state index in [1.807, 2.05) is 32.8 Å². The second-order valence-electron chi connectivity index (χ2n) is 6.32. The van der Waals surface area contributed by atoms with E-state index in [1.54, 1.807) is 4.68 Å². The highest BCUT2D eigenvalue weighted by atomic mass is 16.3. The van der Waals surface area contributed by atoms with Gasteiger partial charge in [0.1, 0.15) is 0 Å². The summed E-state index contributed by atoms with van der Waals surface area (Å²) in [6.07, 6.45) is 3.81. The first-order valence-corrected chi connectivity index (χ1v) is 7.52. The molecule has 6 nitrogen and oxygen atoms in total. The number of hydrogen-bond acceptors (Lipinski definition) is 4. The summed E-state index contributed by atoms with van der Waals surface area (Å²) >= 11 is 0. The number of carbonyl (C=O) groups excluding carboxylic acids is 1. The van der Waals surface area contributed by atoms with Gasteiger partial charge in [-0.25, -0.2) is 0 Å². The summed E-state index contributed by atoms with van der Waals surface area (Å²) in [7, 11) is 3.73. The number of nitrogens with one attached hydrogen (secondary N) is 1. The van der Waals surface area contributed by atoms with Crippen molar-refractivity contribution in [3.8, 4) is 0 Å². The number of rotatable bonds is 5. The van der Waals surface area contributed by atoms with Gasteiger partial charge in [-0.1, -0.05) is 12.8 Å². The van der Waals surface area contributed by atoms with Gasteiger partial charge in [-0.05, 0) is 33.7 Å². The lowest BCUT2D eigenvalue weighted by Gasteiger charge is -2.28. The Bertz CT molecular complexity index is 518. The standard InChI is InChI=1S/C15H26N4O2/c1-11-14(12(2)19(4)17-11)16-13(20)9-18(3)10-15(21)7-5-6-8-15/h21H,5-10H2,1-4H3,(H,16,20). The van der Waals surface area contributed by atoms with Gasteiger partial charge in [-0.2, -0.15) is 5.10 Å². The van der Waals surface area contributed by atoms with Crippen molar-refractivity contribution in [2.45, 2.75) is 45.1 Å². The minimum absolute atomic E-state index is 0.0710. The first kappa shape index (κ1) is 16.0. The third-order valence-electron chi connectivity index (χ3n) is 4.29. The normalized spacial score (nSPS) is 17.4. The van der Waals surface area contributed by atoms with Crippen LogP contribution < -0.4 is 5.32 Å². The summed E-state index contributed by atoms with van der Waals surface area (Å²) in [4.78, 5) is 14.0. The summed E-state index contributed by atoms with van der Waals surface area (Å²) in [6, 6.07) is 0. The molecular weight excluding hydrogens is 268 g/mol. The molecule has 1 saturated carbocycles. The van der Waals surface area contributed by atoms with Crippen LogP contribution in [0.15, 0.2) is 0 Å². The average Bonchev–Trinajstić information content (AvgIpc) is 2.89. The fraction of sp³-hybridized carbons (Fsp3) is 0.733. The van der Waals surface area contributed by atoms with Crippen LogP contribution in [0.5, 0.6) is 0 Å². The number of carbonyl (C=O) groups is 1. The Morgan fingerprint density at radius 1 is 1.43 bits per heavy atom. The number of anilines is 1. The number of aliphatic hydroxyl groups is 1. The molecule has 1 amide bonds. The van der Waals surface area contributed by atoms with Gasteiger partial charge < -0.3 is 10.4 Å². The lowest BCUT2D eigenvalue weighted by Crippen LogP contribution is -2.42. The molecule has 0 atom stereocenters. The lowest BCUT2D eigenvalue weighted by atomic mass is 10.0. The summed E-state index contributed by atoms with van der Waals surface area (Å²) in [5.74, 6) is -0.0710. The summed E-state index contributed by atoms with van der Waals surface area (Å²) in [5.41, 5.74) is 1.93. The molecule has 6 heteroatoms. The number of aromatic nitrogens is 2. The van der Waals surface area contributed by atoms with Crippen molar-refractivity contribution >= 4 is 11.6 Å². The lowest BCUT2D eigenvalue weighted by molar-refractivity contribution is -0.117. The zero-order chi connectivity index (χ0) is 15.6. The molecule has 1 aliphatic carbocycles. The van der Waals surface area contributed by atoms with E-state index < -0.39 is 5.60 Å². The van der Waals surface area contributed by atoms with Crippen LogP contribution in [0.4, 0.5) is 5.69 Å². The highest BCUT2D eigenvalue weighted by molar-refractivity contribution is 5.93. The Morgan fingerprint density at radius 2 is 2.05 bits per heavy atom. The Kier molecular flexibility index (Phi) is 4.68. The predicted molar refractivity (Wildman–Crippen MR) is 82.2 cm³/mol. The van der Waals surface area contributed by atoms with Gasteiger partial charge in [0.15, 0.2) is 0 Å². The van der Waals surface area contributed by atoms with Crippen LogP contribution in [0.3, 0.4) is 0 Å². The highest BCUT2D eigenvalue weighted by Gasteiger charge is 2.32. The van der Waals surface area contributed by atoms with E-state index in [0.29, 0.717) is 6.54 Å².